The van der Waals surface area contributed by atoms with Crippen molar-refractivity contribution in [2.24, 2.45) is 5.92 Å². The molecule has 2 aliphatic rings. The van der Waals surface area contributed by atoms with Crippen LogP contribution in [0.4, 0.5) is 0 Å². The van der Waals surface area contributed by atoms with Gasteiger partial charge in [-0.2, -0.15) is 0 Å². The van der Waals surface area contributed by atoms with Gasteiger partial charge in [0.05, 0.1) is 0 Å². The molecule has 170 valence electrons. The summed E-state index contributed by atoms with van der Waals surface area (Å²) in [7, 11) is 0. The van der Waals surface area contributed by atoms with Crippen LogP contribution < -0.4 is 16.2 Å². The summed E-state index contributed by atoms with van der Waals surface area (Å²) >= 11 is 29.9. The van der Waals surface area contributed by atoms with Crippen LogP contribution in [0, 0.1) is 5.92 Å². The van der Waals surface area contributed by atoms with Crippen LogP contribution in [-0.4, -0.2) is 43.5 Å². The fraction of sp³-hybridized carbons (Fsp3) is 0.381. The van der Waals surface area contributed by atoms with Gasteiger partial charge in [-0.1, -0.05) is 52.5 Å². The highest BCUT2D eigenvalue weighted by molar-refractivity contribution is 7.80. The third kappa shape index (κ3) is 5.18. The van der Waals surface area contributed by atoms with Crippen LogP contribution in [0.1, 0.15) is 28.4 Å². The van der Waals surface area contributed by atoms with Gasteiger partial charge in [0.25, 0.3) is 11.5 Å². The zero-order chi connectivity index (χ0) is 23.0. The van der Waals surface area contributed by atoms with E-state index in [4.69, 9.17) is 58.6 Å². The zero-order valence-corrected chi connectivity index (χ0v) is 20.6. The molecule has 6 nitrogen and oxygen atoms in total. The second-order valence-electron chi connectivity index (χ2n) is 8.01. The van der Waals surface area contributed by atoms with E-state index in [0.29, 0.717) is 35.3 Å². The topological polar surface area (TPSA) is 66.4 Å². The second kappa shape index (κ2) is 9.39. The molecule has 1 aromatic heterocycles. The minimum atomic E-state index is -1.85. The van der Waals surface area contributed by atoms with Gasteiger partial charge in [-0.15, -0.1) is 0 Å². The summed E-state index contributed by atoms with van der Waals surface area (Å²) in [6.45, 7) is 1.94. The lowest BCUT2D eigenvalue weighted by molar-refractivity contribution is 0.0933. The smallest absolute Gasteiger partial charge is 0.252 e. The van der Waals surface area contributed by atoms with Gasteiger partial charge in [0.1, 0.15) is 6.17 Å². The number of rotatable bonds is 3. The fourth-order valence-electron chi connectivity index (χ4n) is 4.29. The van der Waals surface area contributed by atoms with Crippen LogP contribution in [0.15, 0.2) is 47.3 Å². The number of aromatic nitrogens is 1. The zero-order valence-electron chi connectivity index (χ0n) is 16.7. The van der Waals surface area contributed by atoms with E-state index in [9.17, 15) is 9.59 Å². The molecular formula is C21H20Cl4N4O2S. The van der Waals surface area contributed by atoms with Crippen LogP contribution in [0.25, 0.3) is 0 Å². The molecule has 3 heterocycles. The van der Waals surface area contributed by atoms with Gasteiger partial charge < -0.3 is 20.1 Å². The molecule has 0 saturated carbocycles. The Morgan fingerprint density at radius 3 is 2.47 bits per heavy atom. The van der Waals surface area contributed by atoms with Crippen molar-refractivity contribution in [3.63, 3.8) is 0 Å². The maximum absolute atomic E-state index is 12.6. The monoisotopic (exact) mass is 532 g/mol. The molecule has 2 aliphatic heterocycles. The molecule has 2 N–H and O–H groups in total. The number of benzene rings is 1. The van der Waals surface area contributed by atoms with Crippen molar-refractivity contribution in [3.8, 4) is 0 Å². The molecule has 1 fully saturated rings. The van der Waals surface area contributed by atoms with Crippen LogP contribution in [-0.2, 0) is 6.54 Å². The van der Waals surface area contributed by atoms with E-state index in [1.807, 2.05) is 15.5 Å². The Bertz CT molecular complexity index is 1090. The number of pyridine rings is 1. The maximum Gasteiger partial charge on any atom is 0.252 e. The number of halogens is 4. The van der Waals surface area contributed by atoms with Crippen LogP contribution in [0.2, 0.25) is 5.02 Å². The Hall–Kier alpha value is -1.51. The van der Waals surface area contributed by atoms with Crippen molar-refractivity contribution in [1.82, 2.24) is 20.1 Å². The highest BCUT2D eigenvalue weighted by atomic mass is 35.6. The molecule has 4 rings (SSSR count). The highest BCUT2D eigenvalue weighted by Gasteiger charge is 2.39. The van der Waals surface area contributed by atoms with E-state index in [0.717, 1.165) is 12.1 Å². The molecule has 11 heteroatoms. The summed E-state index contributed by atoms with van der Waals surface area (Å²) in [5, 5.41) is 6.57. The van der Waals surface area contributed by atoms with E-state index >= 15 is 0 Å². The number of hydrogen-bond donors (Lipinski definition) is 2. The molecule has 0 radical (unpaired) electrons. The van der Waals surface area contributed by atoms with Crippen LogP contribution in [0.3, 0.4) is 0 Å². The van der Waals surface area contributed by atoms with Crippen molar-refractivity contribution in [2.75, 3.05) is 13.1 Å². The quantitative estimate of drug-likeness (QED) is 0.355. The van der Waals surface area contributed by atoms with Gasteiger partial charge >= 0.3 is 0 Å². The van der Waals surface area contributed by atoms with Crippen molar-refractivity contribution >= 4 is 69.6 Å². The lowest BCUT2D eigenvalue weighted by Gasteiger charge is -2.44. The van der Waals surface area contributed by atoms with Gasteiger partial charge in [-0.05, 0) is 54.9 Å². The lowest BCUT2D eigenvalue weighted by Crippen LogP contribution is -2.60. The van der Waals surface area contributed by atoms with Crippen LogP contribution >= 0.6 is 58.6 Å². The van der Waals surface area contributed by atoms with Gasteiger partial charge in [0.15, 0.2) is 5.11 Å². The summed E-state index contributed by atoms with van der Waals surface area (Å²) in [5.74, 6) is 0.0131. The van der Waals surface area contributed by atoms with Crippen molar-refractivity contribution < 1.29 is 4.79 Å². The first kappa shape index (κ1) is 23.6. The predicted molar refractivity (Wildman–Crippen MR) is 132 cm³/mol. The minimum absolute atomic E-state index is 0.0209. The number of nitrogens with one attached hydrogen (secondary N) is 2. The van der Waals surface area contributed by atoms with Crippen molar-refractivity contribution in [3.05, 3.63) is 69.1 Å². The summed E-state index contributed by atoms with van der Waals surface area (Å²) < 4.78 is 0.000814. The number of carbonyl (C=O) groups excluding carboxylic acids is 1. The number of amides is 1. The molecule has 1 aromatic carbocycles. The van der Waals surface area contributed by atoms with E-state index < -0.39 is 15.9 Å². The van der Waals surface area contributed by atoms with E-state index in [1.165, 1.54) is 0 Å². The molecule has 1 saturated heterocycles. The Morgan fingerprint density at radius 2 is 1.78 bits per heavy atom. The SMILES string of the molecule is O=C(N[C@H](NC(=S)N1C[C@@H]2C[C@H](C1)c1cccc(=O)n1C2)C(Cl)(Cl)Cl)c1ccc(Cl)cc1. The first-order valence-electron chi connectivity index (χ1n) is 10.00. The van der Waals surface area contributed by atoms with E-state index in [-0.39, 0.29) is 17.4 Å². The molecule has 32 heavy (non-hydrogen) atoms. The first-order valence-corrected chi connectivity index (χ1v) is 11.9. The maximum atomic E-state index is 12.6. The third-order valence-corrected chi connectivity index (χ3v) is 7.03. The molecule has 0 unspecified atom stereocenters. The van der Waals surface area contributed by atoms with Crippen molar-refractivity contribution in [2.45, 2.75) is 28.8 Å². The largest absolute Gasteiger partial charge is 0.348 e. The Morgan fingerprint density at radius 1 is 1.06 bits per heavy atom. The fourth-order valence-corrected chi connectivity index (χ4v) is 5.01. The Balaban J connectivity index is 1.47. The number of nitrogens with zero attached hydrogens (tertiary/aromatic N) is 2. The average Bonchev–Trinajstić information content (AvgIpc) is 2.73. The Kier molecular flexibility index (Phi) is 6.94. The standard InChI is InChI=1S/C21H20Cl4N4O2S/c22-15-6-4-13(5-7-15)18(31)26-19(21(23,24)25)27-20(32)28-9-12-8-14(11-28)16-2-1-3-17(30)29(16)10-12/h1-7,12,14,19H,8-11H2,(H,26,31)(H,27,32)/t12-,14+,19+/m0/s1. The van der Waals surface area contributed by atoms with Gasteiger partial charge in [0.2, 0.25) is 3.79 Å². The molecule has 0 aliphatic carbocycles. The molecule has 3 atom stereocenters. The molecule has 1 amide bonds. The number of carbonyl (C=O) groups is 1. The highest BCUT2D eigenvalue weighted by Crippen LogP contribution is 2.35. The minimum Gasteiger partial charge on any atom is -0.348 e. The van der Waals surface area contributed by atoms with E-state index in [2.05, 4.69) is 10.6 Å². The summed E-state index contributed by atoms with van der Waals surface area (Å²) in [6.07, 6.45) is -0.0659. The first-order chi connectivity index (χ1) is 15.1. The van der Waals surface area contributed by atoms with Gasteiger partial charge in [0, 0.05) is 47.9 Å². The summed E-state index contributed by atoms with van der Waals surface area (Å²) in [5.41, 5.74) is 1.40. The normalized spacial score (nSPS) is 20.8. The van der Waals surface area contributed by atoms with Gasteiger partial charge in [-0.25, -0.2) is 0 Å². The molecular weight excluding hydrogens is 514 g/mol. The number of hydrogen-bond acceptors (Lipinski definition) is 3. The molecule has 2 aromatic rings. The summed E-state index contributed by atoms with van der Waals surface area (Å²) in [4.78, 5) is 26.9. The lowest BCUT2D eigenvalue weighted by atomic mass is 9.83. The van der Waals surface area contributed by atoms with Gasteiger partial charge in [-0.3, -0.25) is 9.59 Å². The predicted octanol–water partition coefficient (Wildman–Crippen LogP) is 3.92. The molecule has 2 bridgehead atoms. The second-order valence-corrected chi connectivity index (χ2v) is 11.2. The third-order valence-electron chi connectivity index (χ3n) is 5.74. The number of piperidine rings is 1. The Labute approximate surface area is 210 Å². The van der Waals surface area contributed by atoms with E-state index in [1.54, 1.807) is 36.4 Å². The number of likely N-dealkylation sites (tertiary alicyclic amines) is 1. The molecule has 0 spiro atoms. The number of thiocarbonyl (C=S) groups is 1. The number of alkyl halides is 3. The average molecular weight is 534 g/mol. The van der Waals surface area contributed by atoms with Crippen LogP contribution in [0.5, 0.6) is 0 Å². The van der Waals surface area contributed by atoms with Crippen molar-refractivity contribution in [1.29, 1.82) is 0 Å². The summed E-state index contributed by atoms with van der Waals surface area (Å²) in [6, 6.07) is 11.7. The number of fused-ring (bicyclic) bond motifs is 4.